The summed E-state index contributed by atoms with van der Waals surface area (Å²) in [5, 5.41) is 2.91. The molecule has 1 saturated heterocycles. The first-order valence-corrected chi connectivity index (χ1v) is 17.6. The summed E-state index contributed by atoms with van der Waals surface area (Å²) in [5.41, 5.74) is -0.166. The zero-order chi connectivity index (χ0) is 32.9. The third-order valence-electron chi connectivity index (χ3n) is 10.0. The highest BCUT2D eigenvalue weighted by Crippen LogP contribution is 2.47. The molecule has 13 heteroatoms. The lowest BCUT2D eigenvalue weighted by molar-refractivity contribution is -0.140. The Bertz CT molecular complexity index is 1680. The SMILES string of the molecule is COc1ccc2nc(O[C@@H]3C[C@H]4C(=O)N[C@]5(C(=O)NS(=O)(=O)C6(C)CC6)C[C@H]5/C=C\CC[C@@H](C)C[C@@H](C)CC(=O)N4C3)cnc2c1. The molecule has 4 aliphatic rings. The van der Waals surface area contributed by atoms with Crippen molar-refractivity contribution in [2.75, 3.05) is 13.7 Å². The topological polar surface area (TPSA) is 157 Å². The zero-order valence-electron chi connectivity index (χ0n) is 26.8. The van der Waals surface area contributed by atoms with Crippen molar-refractivity contribution in [3.8, 4) is 11.6 Å². The Morgan fingerprint density at radius 2 is 1.91 bits per heavy atom. The zero-order valence-corrected chi connectivity index (χ0v) is 27.6. The maximum absolute atomic E-state index is 14.0. The molecule has 0 radical (unpaired) electrons. The molecule has 3 heterocycles. The quantitative estimate of drug-likeness (QED) is 0.447. The molecule has 2 aliphatic heterocycles. The summed E-state index contributed by atoms with van der Waals surface area (Å²) in [6.07, 6.45) is 9.15. The molecule has 2 saturated carbocycles. The van der Waals surface area contributed by atoms with Crippen LogP contribution in [-0.4, -0.2) is 77.1 Å². The second-order valence-corrected chi connectivity index (χ2v) is 16.1. The highest BCUT2D eigenvalue weighted by molar-refractivity contribution is 7.91. The fourth-order valence-electron chi connectivity index (χ4n) is 6.75. The van der Waals surface area contributed by atoms with E-state index in [1.165, 1.54) is 6.20 Å². The normalized spacial score (nSPS) is 31.8. The molecule has 248 valence electrons. The minimum absolute atomic E-state index is 0.114. The van der Waals surface area contributed by atoms with Gasteiger partial charge >= 0.3 is 0 Å². The molecule has 0 unspecified atom stereocenters. The molecule has 6 atom stereocenters. The van der Waals surface area contributed by atoms with Crippen LogP contribution in [0.1, 0.15) is 72.1 Å². The van der Waals surface area contributed by atoms with Crippen LogP contribution in [0.4, 0.5) is 0 Å². The van der Waals surface area contributed by atoms with Gasteiger partial charge in [-0.25, -0.2) is 18.4 Å². The van der Waals surface area contributed by atoms with E-state index in [0.717, 1.165) is 19.3 Å². The van der Waals surface area contributed by atoms with E-state index in [0.29, 0.717) is 35.5 Å². The van der Waals surface area contributed by atoms with Gasteiger partial charge in [0, 0.05) is 24.8 Å². The number of carbonyl (C=O) groups is 3. The fourth-order valence-corrected chi connectivity index (χ4v) is 8.06. The van der Waals surface area contributed by atoms with Crippen molar-refractivity contribution < 1.29 is 32.3 Å². The second kappa shape index (κ2) is 12.1. The number of nitrogens with one attached hydrogen (secondary N) is 2. The van der Waals surface area contributed by atoms with E-state index in [9.17, 15) is 22.8 Å². The molecule has 2 N–H and O–H groups in total. The van der Waals surface area contributed by atoms with Crippen molar-refractivity contribution in [2.45, 2.75) is 94.6 Å². The van der Waals surface area contributed by atoms with Gasteiger partial charge in [-0.3, -0.25) is 19.1 Å². The van der Waals surface area contributed by atoms with Crippen molar-refractivity contribution in [3.63, 3.8) is 0 Å². The standard InChI is InChI=1S/C33H43N5O7S/c1-20-7-5-6-8-22-17-33(22,31(41)37-46(42,43)32(3)11-12-32)36-30(40)27-16-24(19-38(27)29(39)14-21(2)13-20)45-28-18-34-26-15-23(44-4)9-10-25(26)35-28/h6,8-10,15,18,20-22,24,27H,5,7,11-14,16-17,19H2,1-4H3,(H,36,40)(H,37,41)/b8-6-/t20-,21-,22-,24-,27+,33-/m1/s1. The largest absolute Gasteiger partial charge is 0.497 e. The van der Waals surface area contributed by atoms with E-state index >= 15 is 0 Å². The summed E-state index contributed by atoms with van der Waals surface area (Å²) in [5.74, 6) is -0.345. The van der Waals surface area contributed by atoms with Gasteiger partial charge in [-0.15, -0.1) is 0 Å². The molecule has 3 fully saturated rings. The first-order chi connectivity index (χ1) is 21.8. The van der Waals surface area contributed by atoms with Gasteiger partial charge in [0.2, 0.25) is 27.7 Å². The summed E-state index contributed by atoms with van der Waals surface area (Å²) < 4.78 is 38.7. The van der Waals surface area contributed by atoms with Crippen LogP contribution in [0.2, 0.25) is 0 Å². The lowest BCUT2D eigenvalue weighted by Gasteiger charge is -2.27. The Kier molecular flexibility index (Phi) is 8.49. The predicted molar refractivity (Wildman–Crippen MR) is 170 cm³/mol. The summed E-state index contributed by atoms with van der Waals surface area (Å²) in [7, 11) is -2.34. The number of benzene rings is 1. The fraction of sp³-hybridized carbons (Fsp3) is 0.606. The average Bonchev–Trinajstić information content (AvgIpc) is 3.88. The van der Waals surface area contributed by atoms with Gasteiger partial charge in [0.25, 0.3) is 5.91 Å². The van der Waals surface area contributed by atoms with Gasteiger partial charge < -0.3 is 19.7 Å². The Labute approximate surface area is 269 Å². The number of methoxy groups -OCH3 is 1. The molecular formula is C33H43N5O7S. The molecule has 6 rings (SSSR count). The van der Waals surface area contributed by atoms with Crippen molar-refractivity contribution >= 4 is 38.8 Å². The van der Waals surface area contributed by atoms with Crippen molar-refractivity contribution in [1.82, 2.24) is 24.9 Å². The highest BCUT2D eigenvalue weighted by Gasteiger charge is 2.63. The third kappa shape index (κ3) is 6.43. The van der Waals surface area contributed by atoms with Gasteiger partial charge in [-0.05, 0) is 69.4 Å². The number of amides is 3. The van der Waals surface area contributed by atoms with E-state index in [1.807, 2.05) is 12.2 Å². The molecular weight excluding hydrogens is 610 g/mol. The number of sulfonamides is 1. The lowest BCUT2D eigenvalue weighted by Crippen LogP contribution is -2.57. The molecule has 2 aliphatic carbocycles. The van der Waals surface area contributed by atoms with Crippen LogP contribution in [0.15, 0.2) is 36.5 Å². The number of rotatable bonds is 6. The van der Waals surface area contributed by atoms with Crippen LogP contribution in [0.3, 0.4) is 0 Å². The molecule has 1 aromatic heterocycles. The van der Waals surface area contributed by atoms with Crippen LogP contribution in [0, 0.1) is 17.8 Å². The predicted octanol–water partition coefficient (Wildman–Crippen LogP) is 3.26. The van der Waals surface area contributed by atoms with Gasteiger partial charge in [0.1, 0.15) is 23.4 Å². The summed E-state index contributed by atoms with van der Waals surface area (Å²) >= 11 is 0. The highest BCUT2D eigenvalue weighted by atomic mass is 32.2. The molecule has 0 spiro atoms. The van der Waals surface area contributed by atoms with Gasteiger partial charge in [0.05, 0.1) is 35.6 Å². The minimum Gasteiger partial charge on any atom is -0.497 e. The molecule has 3 amide bonds. The van der Waals surface area contributed by atoms with Crippen LogP contribution in [0.25, 0.3) is 11.0 Å². The second-order valence-electron chi connectivity index (χ2n) is 13.9. The maximum Gasteiger partial charge on any atom is 0.259 e. The number of hydrogen-bond acceptors (Lipinski definition) is 9. The molecule has 2 aromatic rings. The third-order valence-corrected chi connectivity index (χ3v) is 12.2. The van der Waals surface area contributed by atoms with Gasteiger partial charge in [0.15, 0.2) is 0 Å². The summed E-state index contributed by atoms with van der Waals surface area (Å²) in [6, 6.07) is 4.42. The number of hydrogen-bond donors (Lipinski definition) is 2. The van der Waals surface area contributed by atoms with Crippen LogP contribution >= 0.6 is 0 Å². The Morgan fingerprint density at radius 1 is 1.13 bits per heavy atom. The number of nitrogens with zero attached hydrogens (tertiary/aromatic N) is 3. The van der Waals surface area contributed by atoms with Crippen LogP contribution in [0.5, 0.6) is 11.6 Å². The van der Waals surface area contributed by atoms with Crippen molar-refractivity contribution in [3.05, 3.63) is 36.5 Å². The smallest absolute Gasteiger partial charge is 0.259 e. The van der Waals surface area contributed by atoms with E-state index in [1.54, 1.807) is 37.1 Å². The first-order valence-electron chi connectivity index (χ1n) is 16.1. The summed E-state index contributed by atoms with van der Waals surface area (Å²) in [4.78, 5) is 51.9. The van der Waals surface area contributed by atoms with E-state index < -0.39 is 44.3 Å². The van der Waals surface area contributed by atoms with Crippen molar-refractivity contribution in [1.29, 1.82) is 0 Å². The number of aromatic nitrogens is 2. The van der Waals surface area contributed by atoms with Crippen molar-refractivity contribution in [2.24, 2.45) is 17.8 Å². The molecule has 0 bridgehead atoms. The minimum atomic E-state index is -3.91. The molecule has 1 aromatic carbocycles. The number of allylic oxidation sites excluding steroid dienone is 1. The van der Waals surface area contributed by atoms with E-state index in [4.69, 9.17) is 9.47 Å². The number of fused-ring (bicyclic) bond motifs is 3. The summed E-state index contributed by atoms with van der Waals surface area (Å²) in [6.45, 7) is 5.99. The van der Waals surface area contributed by atoms with Crippen LogP contribution in [-0.2, 0) is 24.4 Å². The first kappa shape index (κ1) is 32.2. The molecule has 46 heavy (non-hydrogen) atoms. The molecule has 12 nitrogen and oxygen atoms in total. The maximum atomic E-state index is 14.0. The lowest BCUT2D eigenvalue weighted by atomic mass is 9.91. The number of carbonyl (C=O) groups excluding carboxylic acids is 3. The Morgan fingerprint density at radius 3 is 2.65 bits per heavy atom. The Hall–Kier alpha value is -3.74. The number of ether oxygens (including phenoxy) is 2. The van der Waals surface area contributed by atoms with Crippen LogP contribution < -0.4 is 19.5 Å². The van der Waals surface area contributed by atoms with E-state index in [-0.39, 0.29) is 49.4 Å². The van der Waals surface area contributed by atoms with E-state index in [2.05, 4.69) is 33.9 Å². The Balaban J connectivity index is 1.25. The van der Waals surface area contributed by atoms with Gasteiger partial charge in [-0.2, -0.15) is 0 Å². The average molecular weight is 654 g/mol. The monoisotopic (exact) mass is 653 g/mol. The van der Waals surface area contributed by atoms with Gasteiger partial charge in [-0.1, -0.05) is 26.0 Å².